The highest BCUT2D eigenvalue weighted by atomic mass is 32.1. The van der Waals surface area contributed by atoms with Crippen molar-refractivity contribution in [2.45, 2.75) is 98.2 Å². The molecule has 0 radical (unpaired) electrons. The van der Waals surface area contributed by atoms with Crippen LogP contribution in [0.5, 0.6) is 0 Å². The number of rotatable bonds is 8. The first-order valence-electron chi connectivity index (χ1n) is 12.3. The van der Waals surface area contributed by atoms with E-state index in [1.165, 1.54) is 26.2 Å². The van der Waals surface area contributed by atoms with E-state index in [0.29, 0.717) is 17.2 Å². The van der Waals surface area contributed by atoms with Crippen LogP contribution in [0.3, 0.4) is 0 Å². The van der Waals surface area contributed by atoms with Crippen molar-refractivity contribution in [3.8, 4) is 0 Å². The van der Waals surface area contributed by atoms with E-state index >= 15 is 0 Å². The molecule has 3 saturated carbocycles. The maximum atomic E-state index is 11.9. The Bertz CT molecular complexity index is 647. The zero-order valence-electron chi connectivity index (χ0n) is 20.5. The fourth-order valence-corrected chi connectivity index (χ4v) is 6.85. The Labute approximate surface area is 195 Å². The average molecular weight is 453 g/mol. The second-order valence-electron chi connectivity index (χ2n) is 10.3. The van der Waals surface area contributed by atoms with E-state index in [4.69, 9.17) is 9.47 Å². The SMILES string of the molecule is C=C(CS)C(=O)OC1CC2CC1C1C(C)CC(CC)C21.CCCC(C)(CC)OC(C)=O. The molecule has 0 N–H and O–H groups in total. The summed E-state index contributed by atoms with van der Waals surface area (Å²) in [4.78, 5) is 22.6. The Morgan fingerprint density at radius 2 is 1.81 bits per heavy atom. The van der Waals surface area contributed by atoms with Crippen LogP contribution in [0.25, 0.3) is 0 Å². The Hall–Kier alpha value is -0.970. The van der Waals surface area contributed by atoms with Crippen molar-refractivity contribution < 1.29 is 19.1 Å². The van der Waals surface area contributed by atoms with E-state index in [0.717, 1.165) is 55.3 Å². The molecule has 0 saturated heterocycles. The van der Waals surface area contributed by atoms with E-state index in [9.17, 15) is 9.59 Å². The normalized spacial score (nSPS) is 34.9. The topological polar surface area (TPSA) is 52.6 Å². The van der Waals surface area contributed by atoms with Crippen molar-refractivity contribution in [2.24, 2.45) is 35.5 Å². The number of thiol groups is 1. The van der Waals surface area contributed by atoms with Crippen LogP contribution in [0.4, 0.5) is 0 Å². The van der Waals surface area contributed by atoms with Gasteiger partial charge >= 0.3 is 11.9 Å². The van der Waals surface area contributed by atoms with Crippen LogP contribution in [0.15, 0.2) is 12.2 Å². The van der Waals surface area contributed by atoms with Crippen molar-refractivity contribution in [3.05, 3.63) is 12.2 Å². The highest BCUT2D eigenvalue weighted by Crippen LogP contribution is 2.63. The summed E-state index contributed by atoms with van der Waals surface area (Å²) in [5.74, 6) is 4.79. The van der Waals surface area contributed by atoms with Gasteiger partial charge in [0.05, 0.1) is 0 Å². The van der Waals surface area contributed by atoms with Crippen LogP contribution in [0.2, 0.25) is 0 Å². The predicted octanol–water partition coefficient (Wildman–Crippen LogP) is 6.24. The Balaban J connectivity index is 0.000000267. The van der Waals surface area contributed by atoms with Gasteiger partial charge in [-0.25, -0.2) is 4.79 Å². The van der Waals surface area contributed by atoms with E-state index < -0.39 is 0 Å². The molecule has 0 aromatic carbocycles. The van der Waals surface area contributed by atoms with Gasteiger partial charge in [-0.15, -0.1) is 0 Å². The van der Waals surface area contributed by atoms with Crippen molar-refractivity contribution in [2.75, 3.05) is 5.75 Å². The summed E-state index contributed by atoms with van der Waals surface area (Å²) < 4.78 is 10.9. The van der Waals surface area contributed by atoms with Crippen LogP contribution in [0, 0.1) is 35.5 Å². The summed E-state index contributed by atoms with van der Waals surface area (Å²) in [5, 5.41) is 0. The Morgan fingerprint density at radius 3 is 2.32 bits per heavy atom. The molecule has 0 amide bonds. The third-order valence-corrected chi connectivity index (χ3v) is 8.51. The molecular formula is C26H44O4S. The first-order valence-corrected chi connectivity index (χ1v) is 12.9. The molecule has 0 aromatic rings. The molecule has 8 atom stereocenters. The molecule has 0 aromatic heterocycles. The highest BCUT2D eigenvalue weighted by molar-refractivity contribution is 7.80. The van der Waals surface area contributed by atoms with Gasteiger partial charge in [-0.1, -0.05) is 47.1 Å². The van der Waals surface area contributed by atoms with Crippen LogP contribution in [-0.2, 0) is 19.1 Å². The minimum absolute atomic E-state index is 0.142. The lowest BCUT2D eigenvalue weighted by atomic mass is 9.74. The molecule has 2 bridgehead atoms. The molecule has 5 heteroatoms. The minimum Gasteiger partial charge on any atom is -0.460 e. The second-order valence-corrected chi connectivity index (χ2v) is 10.6. The molecule has 0 aliphatic heterocycles. The summed E-state index contributed by atoms with van der Waals surface area (Å²) in [6.07, 6.45) is 8.09. The van der Waals surface area contributed by atoms with Gasteiger partial charge < -0.3 is 9.47 Å². The number of esters is 2. The van der Waals surface area contributed by atoms with Crippen molar-refractivity contribution in [1.82, 2.24) is 0 Å². The molecule has 3 aliphatic rings. The molecular weight excluding hydrogens is 408 g/mol. The van der Waals surface area contributed by atoms with Crippen molar-refractivity contribution >= 4 is 24.6 Å². The summed E-state index contributed by atoms with van der Waals surface area (Å²) in [6, 6.07) is 0. The van der Waals surface area contributed by atoms with Crippen molar-refractivity contribution in [3.63, 3.8) is 0 Å². The maximum Gasteiger partial charge on any atom is 0.334 e. The quantitative estimate of drug-likeness (QED) is 0.269. The third-order valence-electron chi connectivity index (χ3n) is 8.13. The molecule has 178 valence electrons. The molecule has 3 fully saturated rings. The minimum atomic E-state index is -0.236. The summed E-state index contributed by atoms with van der Waals surface area (Å²) in [6.45, 7) is 16.0. The third kappa shape index (κ3) is 6.09. The lowest BCUT2D eigenvalue weighted by Gasteiger charge is -2.34. The number of hydrogen-bond acceptors (Lipinski definition) is 5. The first-order chi connectivity index (χ1) is 14.6. The smallest absolute Gasteiger partial charge is 0.334 e. The zero-order valence-corrected chi connectivity index (χ0v) is 21.4. The van der Waals surface area contributed by atoms with Gasteiger partial charge in [-0.05, 0) is 74.5 Å². The molecule has 0 spiro atoms. The van der Waals surface area contributed by atoms with Crippen molar-refractivity contribution in [1.29, 1.82) is 0 Å². The number of ether oxygens (including phenoxy) is 2. The Kier molecular flexibility index (Phi) is 9.54. The lowest BCUT2D eigenvalue weighted by Crippen LogP contribution is -2.35. The van der Waals surface area contributed by atoms with Crippen LogP contribution in [-0.4, -0.2) is 29.4 Å². The molecule has 3 rings (SSSR count). The van der Waals surface area contributed by atoms with Crippen LogP contribution in [0.1, 0.15) is 86.5 Å². The standard InChI is InChI=1S/C17H26O2S.C9H18O2/c1-4-11-5-9(2)15-13-6-12(16(11)15)7-14(13)19-17(18)10(3)8-20;1-5-7-9(4,6-2)11-8(3)10/h9,11-16,20H,3-8H2,1-2H3;5-7H2,1-4H3. The van der Waals surface area contributed by atoms with Crippen LogP contribution >= 0.6 is 12.6 Å². The largest absolute Gasteiger partial charge is 0.460 e. The summed E-state index contributed by atoms with van der Waals surface area (Å²) in [7, 11) is 0. The number of fused-ring (bicyclic) bond motifs is 5. The molecule has 4 nitrogen and oxygen atoms in total. The summed E-state index contributed by atoms with van der Waals surface area (Å²) >= 11 is 4.10. The van der Waals surface area contributed by atoms with E-state index in [-0.39, 0.29) is 23.6 Å². The fourth-order valence-electron chi connectivity index (χ4n) is 6.72. The lowest BCUT2D eigenvalue weighted by molar-refractivity contribution is -0.156. The van der Waals surface area contributed by atoms with E-state index in [1.807, 2.05) is 13.8 Å². The fraction of sp³-hybridized carbons (Fsp3) is 0.846. The Morgan fingerprint density at radius 1 is 1.13 bits per heavy atom. The zero-order chi connectivity index (χ0) is 23.3. The van der Waals surface area contributed by atoms with Gasteiger partial charge in [0.2, 0.25) is 0 Å². The number of hydrogen-bond donors (Lipinski definition) is 1. The molecule has 3 aliphatic carbocycles. The average Bonchev–Trinajstić information content (AvgIpc) is 3.39. The molecule has 8 unspecified atom stereocenters. The van der Waals surface area contributed by atoms with E-state index in [2.05, 4.69) is 40.0 Å². The monoisotopic (exact) mass is 452 g/mol. The first kappa shape index (κ1) is 26.3. The maximum absolute atomic E-state index is 11.9. The van der Waals surface area contributed by atoms with Gasteiger partial charge in [0.15, 0.2) is 0 Å². The van der Waals surface area contributed by atoms with Gasteiger partial charge in [-0.3, -0.25) is 4.79 Å². The summed E-state index contributed by atoms with van der Waals surface area (Å²) in [5.41, 5.74) is 0.249. The second kappa shape index (κ2) is 11.2. The van der Waals surface area contributed by atoms with Crippen LogP contribution < -0.4 is 0 Å². The molecule has 0 heterocycles. The van der Waals surface area contributed by atoms with Gasteiger partial charge in [0, 0.05) is 18.2 Å². The molecule has 31 heavy (non-hydrogen) atoms. The van der Waals surface area contributed by atoms with Gasteiger partial charge in [-0.2, -0.15) is 12.6 Å². The van der Waals surface area contributed by atoms with Gasteiger partial charge in [0.25, 0.3) is 0 Å². The number of carbonyl (C=O) groups is 2. The highest BCUT2D eigenvalue weighted by Gasteiger charge is 2.60. The predicted molar refractivity (Wildman–Crippen MR) is 129 cm³/mol. The number of carbonyl (C=O) groups excluding carboxylic acids is 2. The van der Waals surface area contributed by atoms with E-state index in [1.54, 1.807) is 0 Å². The van der Waals surface area contributed by atoms with Gasteiger partial charge in [0.1, 0.15) is 11.7 Å².